The lowest BCUT2D eigenvalue weighted by atomic mass is 10.4. The van der Waals surface area contributed by atoms with Crippen molar-refractivity contribution < 1.29 is 14.4 Å². The van der Waals surface area contributed by atoms with Gasteiger partial charge in [0.1, 0.15) is 0 Å². The fraction of sp³-hybridized carbons (Fsp3) is 0.333. The van der Waals surface area contributed by atoms with Gasteiger partial charge in [0.2, 0.25) is 0 Å². The Labute approximate surface area is 85.8 Å². The Kier molecular flexibility index (Phi) is 3.64. The third-order valence-corrected chi connectivity index (χ3v) is 2.51. The van der Waals surface area contributed by atoms with Gasteiger partial charge < -0.3 is 4.84 Å². The van der Waals surface area contributed by atoms with E-state index >= 15 is 0 Å². The summed E-state index contributed by atoms with van der Waals surface area (Å²) < 4.78 is 0. The van der Waals surface area contributed by atoms with Gasteiger partial charge in [-0.3, -0.25) is 4.79 Å². The minimum atomic E-state index is -0.452. The van der Waals surface area contributed by atoms with Gasteiger partial charge in [-0.25, -0.2) is 4.79 Å². The van der Waals surface area contributed by atoms with Gasteiger partial charge in [-0.2, -0.15) is 5.48 Å². The molecule has 0 bridgehead atoms. The molecular formula is C9H11NO3S. The molecule has 0 aliphatic heterocycles. The Morgan fingerprint density at radius 3 is 2.71 bits per heavy atom. The summed E-state index contributed by atoms with van der Waals surface area (Å²) >= 11 is 1.35. The van der Waals surface area contributed by atoms with Crippen molar-refractivity contribution in [3.05, 3.63) is 21.9 Å². The molecule has 1 N–H and O–H groups in total. The van der Waals surface area contributed by atoms with Crippen molar-refractivity contribution in [2.45, 2.75) is 20.3 Å². The molecule has 0 atom stereocenters. The summed E-state index contributed by atoms with van der Waals surface area (Å²) in [5, 5.41) is 0. The van der Waals surface area contributed by atoms with E-state index in [-0.39, 0.29) is 12.3 Å². The smallest absolute Gasteiger partial charge is 0.331 e. The molecule has 1 heterocycles. The molecule has 1 rings (SSSR count). The molecule has 0 unspecified atom stereocenters. The molecule has 1 amide bonds. The zero-order valence-electron chi connectivity index (χ0n) is 7.99. The van der Waals surface area contributed by atoms with Crippen molar-refractivity contribution in [3.8, 4) is 0 Å². The Balaban J connectivity index is 2.47. The van der Waals surface area contributed by atoms with Gasteiger partial charge in [0.15, 0.2) is 0 Å². The van der Waals surface area contributed by atoms with E-state index in [1.54, 1.807) is 13.0 Å². The van der Waals surface area contributed by atoms with E-state index in [1.807, 2.05) is 13.0 Å². The van der Waals surface area contributed by atoms with Crippen LogP contribution in [0.25, 0.3) is 0 Å². The number of carbonyl (C=O) groups excluding carboxylic acids is 2. The van der Waals surface area contributed by atoms with Gasteiger partial charge in [0.05, 0.1) is 4.88 Å². The molecule has 0 aliphatic rings. The maximum absolute atomic E-state index is 11.3. The topological polar surface area (TPSA) is 55.4 Å². The van der Waals surface area contributed by atoms with Crippen LogP contribution in [0, 0.1) is 6.92 Å². The minimum Gasteiger partial charge on any atom is -0.341 e. The first kappa shape index (κ1) is 10.7. The normalized spacial score (nSPS) is 9.57. The Morgan fingerprint density at radius 1 is 1.50 bits per heavy atom. The lowest BCUT2D eigenvalue weighted by Crippen LogP contribution is -2.25. The number of aryl methyl sites for hydroxylation is 1. The average Bonchev–Trinajstić information content (AvgIpc) is 2.60. The third kappa shape index (κ3) is 2.85. The summed E-state index contributed by atoms with van der Waals surface area (Å²) in [5.74, 6) is -0.837. The SMILES string of the molecule is CCC(=O)ONC(=O)c1ccc(C)s1. The van der Waals surface area contributed by atoms with Crippen LogP contribution < -0.4 is 5.48 Å². The molecule has 0 fully saturated rings. The fourth-order valence-corrected chi connectivity index (χ4v) is 1.54. The van der Waals surface area contributed by atoms with Crippen molar-refractivity contribution >= 4 is 23.2 Å². The average molecular weight is 213 g/mol. The number of thiophene rings is 1. The first-order chi connectivity index (χ1) is 6.63. The van der Waals surface area contributed by atoms with E-state index < -0.39 is 5.97 Å². The van der Waals surface area contributed by atoms with Crippen LogP contribution in [-0.4, -0.2) is 11.9 Å². The molecule has 5 heteroatoms. The molecule has 0 saturated heterocycles. The van der Waals surface area contributed by atoms with E-state index in [9.17, 15) is 9.59 Å². The van der Waals surface area contributed by atoms with Gasteiger partial charge in [-0.1, -0.05) is 6.92 Å². The van der Waals surface area contributed by atoms with E-state index in [2.05, 4.69) is 10.3 Å². The quantitative estimate of drug-likeness (QED) is 0.760. The second-order valence-corrected chi connectivity index (χ2v) is 3.96. The summed E-state index contributed by atoms with van der Waals surface area (Å²) in [4.78, 5) is 28.1. The summed E-state index contributed by atoms with van der Waals surface area (Å²) in [6.45, 7) is 3.56. The summed E-state index contributed by atoms with van der Waals surface area (Å²) in [6, 6.07) is 3.52. The Morgan fingerprint density at radius 2 is 2.21 bits per heavy atom. The molecule has 0 aliphatic carbocycles. The van der Waals surface area contributed by atoms with Crippen LogP contribution in [0.1, 0.15) is 27.9 Å². The zero-order valence-corrected chi connectivity index (χ0v) is 8.81. The second-order valence-electron chi connectivity index (χ2n) is 2.67. The van der Waals surface area contributed by atoms with Gasteiger partial charge in [-0.15, -0.1) is 11.3 Å². The fourth-order valence-electron chi connectivity index (χ4n) is 0.782. The highest BCUT2D eigenvalue weighted by molar-refractivity contribution is 7.13. The largest absolute Gasteiger partial charge is 0.341 e. The maximum atomic E-state index is 11.3. The zero-order chi connectivity index (χ0) is 10.6. The molecule has 4 nitrogen and oxygen atoms in total. The second kappa shape index (κ2) is 4.76. The summed E-state index contributed by atoms with van der Waals surface area (Å²) in [5.41, 5.74) is 2.08. The van der Waals surface area contributed by atoms with Crippen LogP contribution in [0.15, 0.2) is 12.1 Å². The van der Waals surface area contributed by atoms with Crippen LogP contribution in [-0.2, 0) is 9.63 Å². The monoisotopic (exact) mass is 213 g/mol. The van der Waals surface area contributed by atoms with E-state index in [0.717, 1.165) is 4.88 Å². The predicted molar refractivity (Wildman–Crippen MR) is 52.9 cm³/mol. The third-order valence-electron chi connectivity index (χ3n) is 1.51. The van der Waals surface area contributed by atoms with Gasteiger partial charge in [0.25, 0.3) is 5.91 Å². The molecule has 76 valence electrons. The standard InChI is InChI=1S/C9H11NO3S/c1-3-8(11)13-10-9(12)7-5-4-6(2)14-7/h4-5H,3H2,1-2H3,(H,10,12). The van der Waals surface area contributed by atoms with Crippen LogP contribution in [0.2, 0.25) is 0 Å². The van der Waals surface area contributed by atoms with Gasteiger partial charge in [0, 0.05) is 11.3 Å². The van der Waals surface area contributed by atoms with Crippen molar-refractivity contribution in [2.24, 2.45) is 0 Å². The van der Waals surface area contributed by atoms with Crippen LogP contribution >= 0.6 is 11.3 Å². The van der Waals surface area contributed by atoms with Crippen molar-refractivity contribution in [3.63, 3.8) is 0 Å². The first-order valence-corrected chi connectivity index (χ1v) is 5.01. The van der Waals surface area contributed by atoms with Crippen molar-refractivity contribution in [2.75, 3.05) is 0 Å². The number of rotatable bonds is 2. The van der Waals surface area contributed by atoms with Crippen LogP contribution in [0.3, 0.4) is 0 Å². The molecule has 0 aromatic carbocycles. The first-order valence-electron chi connectivity index (χ1n) is 4.20. The number of nitrogens with one attached hydrogen (secondary N) is 1. The molecule has 1 aromatic heterocycles. The number of amides is 1. The maximum Gasteiger partial charge on any atom is 0.331 e. The number of hydroxylamine groups is 1. The molecule has 14 heavy (non-hydrogen) atoms. The molecule has 1 aromatic rings. The minimum absolute atomic E-state index is 0.240. The molecule has 0 saturated carbocycles. The van der Waals surface area contributed by atoms with Crippen molar-refractivity contribution in [1.29, 1.82) is 0 Å². The Hall–Kier alpha value is -1.36. The molecule has 0 spiro atoms. The number of hydrogen-bond donors (Lipinski definition) is 1. The van der Waals surface area contributed by atoms with E-state index in [1.165, 1.54) is 11.3 Å². The highest BCUT2D eigenvalue weighted by Crippen LogP contribution is 2.14. The van der Waals surface area contributed by atoms with Crippen LogP contribution in [0.5, 0.6) is 0 Å². The summed E-state index contributed by atoms with van der Waals surface area (Å²) in [7, 11) is 0. The van der Waals surface area contributed by atoms with E-state index in [4.69, 9.17) is 0 Å². The lowest BCUT2D eigenvalue weighted by Gasteiger charge is -2.01. The van der Waals surface area contributed by atoms with E-state index in [0.29, 0.717) is 4.88 Å². The highest BCUT2D eigenvalue weighted by atomic mass is 32.1. The van der Waals surface area contributed by atoms with Gasteiger partial charge >= 0.3 is 5.97 Å². The number of carbonyl (C=O) groups is 2. The highest BCUT2D eigenvalue weighted by Gasteiger charge is 2.09. The van der Waals surface area contributed by atoms with Gasteiger partial charge in [-0.05, 0) is 19.1 Å². The lowest BCUT2D eigenvalue weighted by molar-refractivity contribution is -0.148. The Bertz CT molecular complexity index is 346. The molecule has 0 radical (unpaired) electrons. The van der Waals surface area contributed by atoms with Crippen LogP contribution in [0.4, 0.5) is 0 Å². The summed E-state index contributed by atoms with van der Waals surface area (Å²) in [6.07, 6.45) is 0.240. The molecular weight excluding hydrogens is 202 g/mol. The predicted octanol–water partition coefficient (Wildman–Crippen LogP) is 1.65. The number of hydrogen-bond acceptors (Lipinski definition) is 4. The van der Waals surface area contributed by atoms with Crippen molar-refractivity contribution in [1.82, 2.24) is 5.48 Å².